The highest BCUT2D eigenvalue weighted by Crippen LogP contribution is 2.41. The third kappa shape index (κ3) is 1.74. The van der Waals surface area contributed by atoms with Crippen LogP contribution in [0.4, 0.5) is 0 Å². The fourth-order valence-corrected chi connectivity index (χ4v) is 1.67. The Morgan fingerprint density at radius 1 is 1.38 bits per heavy atom. The summed E-state index contributed by atoms with van der Waals surface area (Å²) in [7, 11) is 0. The van der Waals surface area contributed by atoms with Gasteiger partial charge in [0.1, 0.15) is 0 Å². The monoisotopic (exact) mass is 177 g/mol. The molecule has 0 spiro atoms. The minimum atomic E-state index is -0.292. The first-order chi connectivity index (χ1) is 6.33. The number of hydrogen-bond acceptors (Lipinski definition) is 2. The molecule has 0 bridgehead atoms. The van der Waals surface area contributed by atoms with E-state index in [2.05, 4.69) is 0 Å². The van der Waals surface area contributed by atoms with E-state index >= 15 is 0 Å². The van der Waals surface area contributed by atoms with Crippen molar-refractivity contribution >= 4 is 0 Å². The zero-order valence-corrected chi connectivity index (χ0v) is 7.61. The lowest BCUT2D eigenvalue weighted by Gasteiger charge is -2.13. The topological polar surface area (TPSA) is 46.2 Å². The smallest absolute Gasteiger partial charge is 0.0821 e. The van der Waals surface area contributed by atoms with Crippen molar-refractivity contribution in [3.05, 3.63) is 35.4 Å². The van der Waals surface area contributed by atoms with Crippen LogP contribution in [-0.2, 0) is 6.54 Å². The third-order valence-corrected chi connectivity index (χ3v) is 2.66. The molecular formula is C11H15NO. The number of hydrogen-bond donors (Lipinski definition) is 2. The van der Waals surface area contributed by atoms with Crippen molar-refractivity contribution in [1.82, 2.24) is 0 Å². The van der Waals surface area contributed by atoms with Crippen molar-refractivity contribution in [1.29, 1.82) is 0 Å². The summed E-state index contributed by atoms with van der Waals surface area (Å²) in [5.41, 5.74) is 7.69. The second-order valence-corrected chi connectivity index (χ2v) is 3.69. The molecule has 1 unspecified atom stereocenters. The van der Waals surface area contributed by atoms with Crippen LogP contribution in [0.2, 0.25) is 0 Å². The van der Waals surface area contributed by atoms with Crippen molar-refractivity contribution in [2.24, 2.45) is 11.7 Å². The molecule has 0 aromatic heterocycles. The summed E-state index contributed by atoms with van der Waals surface area (Å²) in [6.07, 6.45) is 2.01. The molecular weight excluding hydrogens is 162 g/mol. The summed E-state index contributed by atoms with van der Waals surface area (Å²) in [4.78, 5) is 0. The zero-order chi connectivity index (χ0) is 9.26. The first kappa shape index (κ1) is 8.73. The number of benzene rings is 1. The van der Waals surface area contributed by atoms with Gasteiger partial charge in [-0.05, 0) is 29.9 Å². The van der Waals surface area contributed by atoms with Crippen LogP contribution in [0.5, 0.6) is 0 Å². The minimum Gasteiger partial charge on any atom is -0.388 e. The molecule has 0 heterocycles. The quantitative estimate of drug-likeness (QED) is 0.736. The van der Waals surface area contributed by atoms with Crippen molar-refractivity contribution < 1.29 is 5.11 Å². The highest BCUT2D eigenvalue weighted by molar-refractivity contribution is 5.29. The zero-order valence-electron chi connectivity index (χ0n) is 7.61. The minimum absolute atomic E-state index is 0.292. The van der Waals surface area contributed by atoms with Gasteiger partial charge >= 0.3 is 0 Å². The maximum Gasteiger partial charge on any atom is 0.0821 e. The lowest BCUT2D eigenvalue weighted by Crippen LogP contribution is -2.07. The van der Waals surface area contributed by atoms with Gasteiger partial charge in [0.15, 0.2) is 0 Å². The van der Waals surface area contributed by atoms with E-state index in [1.54, 1.807) is 0 Å². The Morgan fingerprint density at radius 3 is 2.69 bits per heavy atom. The van der Waals surface area contributed by atoms with Crippen LogP contribution < -0.4 is 5.73 Å². The van der Waals surface area contributed by atoms with Gasteiger partial charge in [-0.15, -0.1) is 0 Å². The average Bonchev–Trinajstić information content (AvgIpc) is 3.00. The van der Waals surface area contributed by atoms with Gasteiger partial charge in [-0.1, -0.05) is 24.3 Å². The predicted molar refractivity (Wildman–Crippen MR) is 52.0 cm³/mol. The van der Waals surface area contributed by atoms with Gasteiger partial charge in [-0.2, -0.15) is 0 Å². The molecule has 70 valence electrons. The number of aliphatic hydroxyl groups is 1. The van der Waals surface area contributed by atoms with Crippen LogP contribution in [0.25, 0.3) is 0 Å². The van der Waals surface area contributed by atoms with Crippen molar-refractivity contribution in [2.75, 3.05) is 0 Å². The van der Waals surface area contributed by atoms with E-state index in [9.17, 15) is 5.11 Å². The van der Waals surface area contributed by atoms with Gasteiger partial charge in [0, 0.05) is 6.54 Å². The molecule has 1 saturated carbocycles. The number of rotatable bonds is 3. The van der Waals surface area contributed by atoms with Crippen LogP contribution in [0, 0.1) is 5.92 Å². The molecule has 0 radical (unpaired) electrons. The summed E-state index contributed by atoms with van der Waals surface area (Å²) in [6, 6.07) is 7.89. The lowest BCUT2D eigenvalue weighted by molar-refractivity contribution is 0.153. The molecule has 1 aromatic rings. The van der Waals surface area contributed by atoms with E-state index in [-0.39, 0.29) is 6.10 Å². The molecule has 1 fully saturated rings. The number of nitrogens with two attached hydrogens (primary N) is 1. The predicted octanol–water partition coefficient (Wildman–Crippen LogP) is 1.59. The average molecular weight is 177 g/mol. The fourth-order valence-electron chi connectivity index (χ4n) is 1.67. The van der Waals surface area contributed by atoms with E-state index in [1.165, 1.54) is 0 Å². The summed E-state index contributed by atoms with van der Waals surface area (Å²) >= 11 is 0. The summed E-state index contributed by atoms with van der Waals surface area (Å²) in [6.45, 7) is 0.514. The third-order valence-electron chi connectivity index (χ3n) is 2.66. The second-order valence-electron chi connectivity index (χ2n) is 3.69. The molecule has 2 rings (SSSR count). The van der Waals surface area contributed by atoms with Gasteiger partial charge in [-0.3, -0.25) is 0 Å². The van der Waals surface area contributed by atoms with E-state index in [1.807, 2.05) is 24.3 Å². The molecule has 0 saturated heterocycles. The van der Waals surface area contributed by atoms with Gasteiger partial charge in [0.05, 0.1) is 6.10 Å². The van der Waals surface area contributed by atoms with Gasteiger partial charge < -0.3 is 10.8 Å². The molecule has 0 amide bonds. The van der Waals surface area contributed by atoms with Gasteiger partial charge in [0.25, 0.3) is 0 Å². The van der Waals surface area contributed by atoms with Crippen LogP contribution >= 0.6 is 0 Å². The summed E-state index contributed by atoms with van der Waals surface area (Å²) < 4.78 is 0. The standard InChI is InChI=1S/C11H15NO/c12-7-9-3-1-2-4-10(9)11(13)8-5-6-8/h1-4,8,11,13H,5-7,12H2. The molecule has 13 heavy (non-hydrogen) atoms. The summed E-state index contributed by atoms with van der Waals surface area (Å²) in [5, 5.41) is 9.92. The summed E-state index contributed by atoms with van der Waals surface area (Å²) in [5.74, 6) is 0.479. The van der Waals surface area contributed by atoms with E-state index in [4.69, 9.17) is 5.73 Å². The first-order valence-electron chi connectivity index (χ1n) is 4.79. The SMILES string of the molecule is NCc1ccccc1C(O)C1CC1. The van der Waals surface area contributed by atoms with Crippen molar-refractivity contribution in [2.45, 2.75) is 25.5 Å². The van der Waals surface area contributed by atoms with E-state index in [0.29, 0.717) is 12.5 Å². The van der Waals surface area contributed by atoms with Gasteiger partial charge in [0.2, 0.25) is 0 Å². The molecule has 2 heteroatoms. The van der Waals surface area contributed by atoms with E-state index < -0.39 is 0 Å². The first-order valence-corrected chi connectivity index (χ1v) is 4.79. The highest BCUT2D eigenvalue weighted by atomic mass is 16.3. The maximum absolute atomic E-state index is 9.92. The normalized spacial score (nSPS) is 18.6. The van der Waals surface area contributed by atoms with Crippen LogP contribution in [0.15, 0.2) is 24.3 Å². The Kier molecular flexibility index (Phi) is 2.34. The molecule has 2 nitrogen and oxygen atoms in total. The molecule has 3 N–H and O–H groups in total. The Hall–Kier alpha value is -0.860. The second kappa shape index (κ2) is 3.48. The van der Waals surface area contributed by atoms with Crippen molar-refractivity contribution in [3.8, 4) is 0 Å². The van der Waals surface area contributed by atoms with E-state index in [0.717, 1.165) is 24.0 Å². The van der Waals surface area contributed by atoms with Crippen LogP contribution in [-0.4, -0.2) is 5.11 Å². The largest absolute Gasteiger partial charge is 0.388 e. The number of aliphatic hydroxyl groups excluding tert-OH is 1. The fraction of sp³-hybridized carbons (Fsp3) is 0.455. The Bertz CT molecular complexity index is 294. The van der Waals surface area contributed by atoms with Gasteiger partial charge in [-0.25, -0.2) is 0 Å². The molecule has 0 aliphatic heterocycles. The lowest BCUT2D eigenvalue weighted by atomic mass is 9.99. The maximum atomic E-state index is 9.92. The molecule has 1 aliphatic rings. The van der Waals surface area contributed by atoms with Crippen molar-refractivity contribution in [3.63, 3.8) is 0 Å². The Morgan fingerprint density at radius 2 is 2.08 bits per heavy atom. The molecule has 1 aliphatic carbocycles. The molecule has 1 atom stereocenters. The Balaban J connectivity index is 2.26. The van der Waals surface area contributed by atoms with Crippen LogP contribution in [0.1, 0.15) is 30.1 Å². The van der Waals surface area contributed by atoms with Crippen LogP contribution in [0.3, 0.4) is 0 Å². The Labute approximate surface area is 78.4 Å². The molecule has 1 aromatic carbocycles. The highest BCUT2D eigenvalue weighted by Gasteiger charge is 2.31.